The molecule has 4 heteroatoms. The molecule has 0 spiro atoms. The maximum absolute atomic E-state index is 12.3. The highest BCUT2D eigenvalue weighted by atomic mass is 79.9. The molecule has 106 valence electrons. The molecule has 1 unspecified atom stereocenters. The van der Waals surface area contributed by atoms with Crippen LogP contribution in [0.5, 0.6) is 5.75 Å². The molecule has 0 radical (unpaired) electrons. The lowest BCUT2D eigenvalue weighted by Crippen LogP contribution is -2.31. The number of benzene rings is 1. The van der Waals surface area contributed by atoms with Crippen molar-refractivity contribution in [3.8, 4) is 5.75 Å². The molecule has 0 amide bonds. The monoisotopic (exact) mass is 328 g/mol. The van der Waals surface area contributed by atoms with Crippen LogP contribution in [0.1, 0.15) is 26.3 Å². The van der Waals surface area contributed by atoms with E-state index in [2.05, 4.69) is 15.9 Å². The second-order valence-corrected chi connectivity index (χ2v) is 5.57. The van der Waals surface area contributed by atoms with Crippen LogP contribution in [0.3, 0.4) is 0 Å². The Morgan fingerprint density at radius 1 is 1.37 bits per heavy atom. The summed E-state index contributed by atoms with van der Waals surface area (Å²) in [5.74, 6) is 1.03. The molecule has 0 aliphatic rings. The molecule has 0 bridgehead atoms. The lowest BCUT2D eigenvalue weighted by molar-refractivity contribution is -0.132. The molecule has 1 rings (SSSR count). The van der Waals surface area contributed by atoms with Crippen LogP contribution in [0.25, 0.3) is 0 Å². The van der Waals surface area contributed by atoms with Crippen molar-refractivity contribution >= 4 is 21.7 Å². The van der Waals surface area contributed by atoms with Gasteiger partial charge in [-0.1, -0.05) is 29.8 Å². The number of Topliss-reactive ketones (excluding diaryl/α,β-unsaturated/α-hetero) is 1. The second kappa shape index (κ2) is 7.65. The average Bonchev–Trinajstić information content (AvgIpc) is 2.38. The zero-order valence-electron chi connectivity index (χ0n) is 11.9. The number of methoxy groups -OCH3 is 1. The first kappa shape index (κ1) is 16.2. The van der Waals surface area contributed by atoms with Gasteiger partial charge in [-0.25, -0.2) is 0 Å². The van der Waals surface area contributed by atoms with Crippen LogP contribution in [-0.4, -0.2) is 25.6 Å². The van der Waals surface area contributed by atoms with E-state index in [4.69, 9.17) is 9.47 Å². The minimum atomic E-state index is -0.344. The first-order chi connectivity index (χ1) is 8.99. The number of halogens is 1. The Bertz CT molecular complexity index is 429. The van der Waals surface area contributed by atoms with Crippen LogP contribution >= 0.6 is 15.9 Å². The number of ketones is 1. The summed E-state index contributed by atoms with van der Waals surface area (Å²) in [6.45, 7) is 6.45. The largest absolute Gasteiger partial charge is 0.497 e. The number of carbonyl (C=O) groups excluding carboxylic acids is 1. The van der Waals surface area contributed by atoms with Crippen molar-refractivity contribution in [2.45, 2.75) is 33.3 Å². The van der Waals surface area contributed by atoms with Gasteiger partial charge in [0.1, 0.15) is 11.9 Å². The van der Waals surface area contributed by atoms with Crippen LogP contribution in [-0.2, 0) is 16.0 Å². The van der Waals surface area contributed by atoms with Gasteiger partial charge in [0.05, 0.1) is 7.11 Å². The molecule has 1 atom stereocenters. The number of carbonyl (C=O) groups is 1. The third kappa shape index (κ3) is 4.62. The Labute approximate surface area is 123 Å². The quantitative estimate of drug-likeness (QED) is 0.766. The summed E-state index contributed by atoms with van der Waals surface area (Å²) in [6.07, 6.45) is 0.00350. The molecular weight excluding hydrogens is 308 g/mol. The number of hydrogen-bond acceptors (Lipinski definition) is 3. The predicted octanol–water partition coefficient (Wildman–Crippen LogP) is 3.63. The Hall–Kier alpha value is -0.870. The maximum atomic E-state index is 12.3. The van der Waals surface area contributed by atoms with Gasteiger partial charge in [-0.3, -0.25) is 4.79 Å². The third-order valence-electron chi connectivity index (χ3n) is 2.89. The van der Waals surface area contributed by atoms with E-state index in [0.717, 1.165) is 15.8 Å². The molecule has 0 saturated carbocycles. The summed E-state index contributed by atoms with van der Waals surface area (Å²) in [5.41, 5.74) is 0.926. The van der Waals surface area contributed by atoms with Crippen molar-refractivity contribution < 1.29 is 14.3 Å². The first-order valence-electron chi connectivity index (χ1n) is 6.46. The van der Waals surface area contributed by atoms with Crippen LogP contribution in [0.2, 0.25) is 0 Å². The van der Waals surface area contributed by atoms with Gasteiger partial charge in [0.2, 0.25) is 0 Å². The number of ether oxygens (including phenoxy) is 2. The molecule has 0 aromatic heterocycles. The van der Waals surface area contributed by atoms with Crippen molar-refractivity contribution in [2.75, 3.05) is 13.7 Å². The van der Waals surface area contributed by atoms with Crippen LogP contribution in [0.4, 0.5) is 0 Å². The summed E-state index contributed by atoms with van der Waals surface area (Å²) in [4.78, 5) is 12.3. The lowest BCUT2D eigenvalue weighted by Gasteiger charge is -2.19. The molecule has 1 aromatic carbocycles. The van der Waals surface area contributed by atoms with E-state index in [-0.39, 0.29) is 17.8 Å². The van der Waals surface area contributed by atoms with Gasteiger partial charge in [-0.15, -0.1) is 0 Å². The summed E-state index contributed by atoms with van der Waals surface area (Å²) < 4.78 is 11.6. The smallest absolute Gasteiger partial charge is 0.166 e. The Kier molecular flexibility index (Phi) is 6.52. The number of rotatable bonds is 7. The molecule has 19 heavy (non-hydrogen) atoms. The van der Waals surface area contributed by atoms with Gasteiger partial charge in [-0.05, 0) is 36.6 Å². The van der Waals surface area contributed by atoms with Crippen molar-refractivity contribution in [1.29, 1.82) is 0 Å². The second-order valence-electron chi connectivity index (χ2n) is 4.72. The van der Waals surface area contributed by atoms with E-state index in [1.54, 1.807) is 7.11 Å². The van der Waals surface area contributed by atoms with Crippen LogP contribution < -0.4 is 4.74 Å². The van der Waals surface area contributed by atoms with E-state index < -0.39 is 0 Å². The Balaban J connectivity index is 2.85. The molecule has 0 aliphatic carbocycles. The van der Waals surface area contributed by atoms with Crippen molar-refractivity contribution in [1.82, 2.24) is 0 Å². The minimum Gasteiger partial charge on any atom is -0.497 e. The van der Waals surface area contributed by atoms with E-state index in [1.165, 1.54) is 0 Å². The van der Waals surface area contributed by atoms with Crippen molar-refractivity contribution in [3.05, 3.63) is 28.2 Å². The summed E-state index contributed by atoms with van der Waals surface area (Å²) in [6, 6.07) is 5.64. The predicted molar refractivity (Wildman–Crippen MR) is 79.7 cm³/mol. The fourth-order valence-electron chi connectivity index (χ4n) is 1.94. The fraction of sp³-hybridized carbons (Fsp3) is 0.533. The van der Waals surface area contributed by atoms with Gasteiger partial charge in [-0.2, -0.15) is 0 Å². The number of hydrogen-bond donors (Lipinski definition) is 0. The standard InChI is InChI=1S/C15H21BrO3/c1-5-19-15(10(2)3)14(17)9-11-8-12(18-4)6-7-13(11)16/h6-8,10,15H,5,9H2,1-4H3. The normalized spacial score (nSPS) is 12.5. The molecule has 0 aliphatic heterocycles. The van der Waals surface area contributed by atoms with Crippen molar-refractivity contribution in [3.63, 3.8) is 0 Å². The van der Waals surface area contributed by atoms with E-state index in [9.17, 15) is 4.79 Å². The van der Waals surface area contributed by atoms with E-state index >= 15 is 0 Å². The molecular formula is C15H21BrO3. The highest BCUT2D eigenvalue weighted by Gasteiger charge is 2.23. The fourth-order valence-corrected chi connectivity index (χ4v) is 2.33. The Morgan fingerprint density at radius 3 is 2.58 bits per heavy atom. The molecule has 0 saturated heterocycles. The van der Waals surface area contributed by atoms with Gasteiger partial charge in [0, 0.05) is 17.5 Å². The molecule has 3 nitrogen and oxygen atoms in total. The summed E-state index contributed by atoms with van der Waals surface area (Å²) in [5, 5.41) is 0. The maximum Gasteiger partial charge on any atom is 0.166 e. The summed E-state index contributed by atoms with van der Waals surface area (Å²) >= 11 is 3.46. The molecule has 0 fully saturated rings. The highest BCUT2D eigenvalue weighted by Crippen LogP contribution is 2.24. The van der Waals surface area contributed by atoms with Gasteiger partial charge >= 0.3 is 0 Å². The highest BCUT2D eigenvalue weighted by molar-refractivity contribution is 9.10. The first-order valence-corrected chi connectivity index (χ1v) is 7.25. The SMILES string of the molecule is CCOC(C(=O)Cc1cc(OC)ccc1Br)C(C)C. The molecule has 0 heterocycles. The zero-order chi connectivity index (χ0) is 14.4. The van der Waals surface area contributed by atoms with Crippen LogP contribution in [0.15, 0.2) is 22.7 Å². The van der Waals surface area contributed by atoms with Crippen LogP contribution in [0, 0.1) is 5.92 Å². The lowest BCUT2D eigenvalue weighted by atomic mass is 9.97. The molecule has 1 aromatic rings. The van der Waals surface area contributed by atoms with Crippen molar-refractivity contribution in [2.24, 2.45) is 5.92 Å². The van der Waals surface area contributed by atoms with Gasteiger partial charge in [0.25, 0.3) is 0 Å². The summed E-state index contributed by atoms with van der Waals surface area (Å²) in [7, 11) is 1.62. The molecule has 0 N–H and O–H groups in total. The van der Waals surface area contributed by atoms with E-state index in [0.29, 0.717) is 13.0 Å². The average molecular weight is 329 g/mol. The van der Waals surface area contributed by atoms with Gasteiger partial charge < -0.3 is 9.47 Å². The minimum absolute atomic E-state index is 0.103. The van der Waals surface area contributed by atoms with E-state index in [1.807, 2.05) is 39.0 Å². The van der Waals surface area contributed by atoms with Gasteiger partial charge in [0.15, 0.2) is 5.78 Å². The Morgan fingerprint density at radius 2 is 2.05 bits per heavy atom. The third-order valence-corrected chi connectivity index (χ3v) is 3.66. The topological polar surface area (TPSA) is 35.5 Å². The zero-order valence-corrected chi connectivity index (χ0v) is 13.5.